The van der Waals surface area contributed by atoms with Crippen LogP contribution in [-0.2, 0) is 26.0 Å². The van der Waals surface area contributed by atoms with Crippen LogP contribution in [0.1, 0.15) is 48.5 Å². The largest absolute Gasteiger partial charge is 0.452 e. The minimum atomic E-state index is -3.58. The van der Waals surface area contributed by atoms with Crippen molar-refractivity contribution in [2.75, 3.05) is 24.6 Å². The van der Waals surface area contributed by atoms with E-state index in [4.69, 9.17) is 4.74 Å². The highest BCUT2D eigenvalue weighted by Crippen LogP contribution is 2.31. The Hall–Kier alpha value is -2.71. The van der Waals surface area contributed by atoms with Crippen LogP contribution in [0.4, 0.5) is 5.69 Å². The van der Waals surface area contributed by atoms with E-state index in [0.717, 1.165) is 43.4 Å². The molecular weight excluding hydrogens is 428 g/mol. The summed E-state index contributed by atoms with van der Waals surface area (Å²) >= 11 is 0. The number of esters is 1. The summed E-state index contributed by atoms with van der Waals surface area (Å²) in [7, 11) is -3.58. The third-order valence-electron chi connectivity index (χ3n) is 6.10. The van der Waals surface area contributed by atoms with E-state index < -0.39 is 16.0 Å². The molecule has 32 heavy (non-hydrogen) atoms. The number of amides is 1. The highest BCUT2D eigenvalue weighted by molar-refractivity contribution is 7.89. The van der Waals surface area contributed by atoms with Crippen LogP contribution in [-0.4, -0.2) is 50.3 Å². The Morgan fingerprint density at radius 3 is 2.31 bits per heavy atom. The molecule has 1 fully saturated rings. The molecule has 0 bridgehead atoms. The van der Waals surface area contributed by atoms with E-state index >= 15 is 0 Å². The maximum absolute atomic E-state index is 12.9. The number of ether oxygens (including phenoxy) is 1. The average molecular weight is 457 g/mol. The molecule has 1 amide bonds. The third-order valence-corrected chi connectivity index (χ3v) is 8.01. The van der Waals surface area contributed by atoms with Gasteiger partial charge in [-0.1, -0.05) is 31.0 Å². The first-order valence-electron chi connectivity index (χ1n) is 11.1. The Bertz CT molecular complexity index is 1090. The Kier molecular flexibility index (Phi) is 6.62. The number of fused-ring (bicyclic) bond motifs is 1. The predicted molar refractivity (Wildman–Crippen MR) is 121 cm³/mol. The second-order valence-corrected chi connectivity index (χ2v) is 10.3. The fraction of sp³-hybridized carbons (Fsp3) is 0.417. The highest BCUT2D eigenvalue weighted by atomic mass is 32.2. The fourth-order valence-corrected chi connectivity index (χ4v) is 5.94. The van der Waals surface area contributed by atoms with E-state index in [0.29, 0.717) is 13.1 Å². The first-order chi connectivity index (χ1) is 15.4. The van der Waals surface area contributed by atoms with Gasteiger partial charge in [0, 0.05) is 24.8 Å². The molecule has 170 valence electrons. The van der Waals surface area contributed by atoms with E-state index in [-0.39, 0.29) is 29.0 Å². The standard InChI is InChI=1S/C24H28N2O5S/c1-18-16-20-8-4-5-9-22(20)26(18)23(27)17-31-24(28)19-10-12-21(13-11-19)32(29,30)25-14-6-2-3-7-15-25/h4-5,8-13,18H,2-3,6-7,14-17H2,1H3. The zero-order valence-corrected chi connectivity index (χ0v) is 19.0. The lowest BCUT2D eigenvalue weighted by Gasteiger charge is -2.22. The first kappa shape index (κ1) is 22.5. The van der Waals surface area contributed by atoms with Crippen LogP contribution in [0, 0.1) is 0 Å². The van der Waals surface area contributed by atoms with Crippen molar-refractivity contribution in [2.45, 2.75) is 50.0 Å². The lowest BCUT2D eigenvalue weighted by Crippen LogP contribution is -2.38. The molecule has 1 unspecified atom stereocenters. The summed E-state index contributed by atoms with van der Waals surface area (Å²) in [5.74, 6) is -0.937. The van der Waals surface area contributed by atoms with Gasteiger partial charge in [-0.05, 0) is 62.1 Å². The number of nitrogens with zero attached hydrogens (tertiary/aromatic N) is 2. The summed E-state index contributed by atoms with van der Waals surface area (Å²) in [6, 6.07) is 13.4. The summed E-state index contributed by atoms with van der Waals surface area (Å²) in [5, 5.41) is 0. The summed E-state index contributed by atoms with van der Waals surface area (Å²) in [6.07, 6.45) is 4.56. The molecule has 0 saturated carbocycles. The maximum Gasteiger partial charge on any atom is 0.338 e. The molecule has 0 N–H and O–H groups in total. The average Bonchev–Trinajstić information content (AvgIpc) is 2.95. The SMILES string of the molecule is CC1Cc2ccccc2N1C(=O)COC(=O)c1ccc(S(=O)(=O)N2CCCCCC2)cc1. The van der Waals surface area contributed by atoms with Gasteiger partial charge in [-0.15, -0.1) is 0 Å². The zero-order valence-electron chi connectivity index (χ0n) is 18.2. The molecule has 4 rings (SSSR count). The predicted octanol–water partition coefficient (Wildman–Crippen LogP) is 3.39. The van der Waals surface area contributed by atoms with Crippen LogP contribution < -0.4 is 4.90 Å². The Labute approximate surface area is 189 Å². The molecule has 7 nitrogen and oxygen atoms in total. The molecule has 0 aromatic heterocycles. The van der Waals surface area contributed by atoms with Crippen molar-refractivity contribution >= 4 is 27.6 Å². The number of rotatable bonds is 5. The van der Waals surface area contributed by atoms with Gasteiger partial charge >= 0.3 is 5.97 Å². The molecule has 2 aliphatic heterocycles. The first-order valence-corrected chi connectivity index (χ1v) is 12.5. The Morgan fingerprint density at radius 2 is 1.62 bits per heavy atom. The number of hydrogen-bond donors (Lipinski definition) is 0. The van der Waals surface area contributed by atoms with E-state index in [1.165, 1.54) is 28.6 Å². The van der Waals surface area contributed by atoms with Crippen LogP contribution in [0.25, 0.3) is 0 Å². The third kappa shape index (κ3) is 4.56. The second kappa shape index (κ2) is 9.42. The van der Waals surface area contributed by atoms with Crippen molar-refractivity contribution in [3.63, 3.8) is 0 Å². The smallest absolute Gasteiger partial charge is 0.338 e. The van der Waals surface area contributed by atoms with Crippen molar-refractivity contribution in [2.24, 2.45) is 0 Å². The van der Waals surface area contributed by atoms with Gasteiger partial charge in [0.2, 0.25) is 10.0 Å². The monoisotopic (exact) mass is 456 g/mol. The minimum Gasteiger partial charge on any atom is -0.452 e. The van der Waals surface area contributed by atoms with Crippen LogP contribution in [0.5, 0.6) is 0 Å². The molecule has 1 atom stereocenters. The molecular formula is C24H28N2O5S. The summed E-state index contributed by atoms with van der Waals surface area (Å²) in [4.78, 5) is 27.0. The van der Waals surface area contributed by atoms with Crippen molar-refractivity contribution in [3.05, 3.63) is 59.7 Å². The van der Waals surface area contributed by atoms with Crippen molar-refractivity contribution in [1.29, 1.82) is 0 Å². The van der Waals surface area contributed by atoms with Gasteiger partial charge in [0.05, 0.1) is 10.5 Å². The van der Waals surface area contributed by atoms with Crippen molar-refractivity contribution < 1.29 is 22.7 Å². The molecule has 0 aliphatic carbocycles. The van der Waals surface area contributed by atoms with Crippen LogP contribution in [0.3, 0.4) is 0 Å². The molecule has 2 aromatic carbocycles. The molecule has 0 radical (unpaired) electrons. The number of carbonyl (C=O) groups is 2. The number of sulfonamides is 1. The molecule has 2 aromatic rings. The molecule has 1 saturated heterocycles. The number of anilines is 1. The van der Waals surface area contributed by atoms with Crippen molar-refractivity contribution in [1.82, 2.24) is 4.31 Å². The van der Waals surface area contributed by atoms with Gasteiger partial charge in [-0.3, -0.25) is 4.79 Å². The van der Waals surface area contributed by atoms with E-state index in [9.17, 15) is 18.0 Å². The van der Waals surface area contributed by atoms with E-state index in [1.54, 1.807) is 4.90 Å². The Morgan fingerprint density at radius 1 is 0.969 bits per heavy atom. The molecule has 2 heterocycles. The lowest BCUT2D eigenvalue weighted by molar-refractivity contribution is -0.122. The number of benzene rings is 2. The Balaban J connectivity index is 1.38. The van der Waals surface area contributed by atoms with Crippen LogP contribution in [0.2, 0.25) is 0 Å². The summed E-state index contributed by atoms with van der Waals surface area (Å²) < 4.78 is 32.5. The normalized spacial score (nSPS) is 19.3. The quantitative estimate of drug-likeness (QED) is 0.644. The van der Waals surface area contributed by atoms with Crippen LogP contribution in [0.15, 0.2) is 53.4 Å². The van der Waals surface area contributed by atoms with Gasteiger partial charge in [0.1, 0.15) is 0 Å². The van der Waals surface area contributed by atoms with Gasteiger partial charge in [0.25, 0.3) is 5.91 Å². The van der Waals surface area contributed by atoms with Gasteiger partial charge in [0.15, 0.2) is 6.61 Å². The number of para-hydroxylation sites is 1. The van der Waals surface area contributed by atoms with Gasteiger partial charge in [-0.2, -0.15) is 4.31 Å². The zero-order chi connectivity index (χ0) is 22.7. The fourth-order valence-electron chi connectivity index (χ4n) is 4.42. The minimum absolute atomic E-state index is 0.00193. The molecule has 2 aliphatic rings. The lowest BCUT2D eigenvalue weighted by atomic mass is 10.1. The molecule has 0 spiro atoms. The van der Waals surface area contributed by atoms with Gasteiger partial charge < -0.3 is 9.64 Å². The van der Waals surface area contributed by atoms with E-state index in [2.05, 4.69) is 0 Å². The maximum atomic E-state index is 12.9. The summed E-state index contributed by atoms with van der Waals surface area (Å²) in [6.45, 7) is 2.63. The molecule has 8 heteroatoms. The van der Waals surface area contributed by atoms with Crippen molar-refractivity contribution in [3.8, 4) is 0 Å². The second-order valence-electron chi connectivity index (χ2n) is 8.36. The number of carbonyl (C=O) groups excluding carboxylic acids is 2. The summed E-state index contributed by atoms with van der Waals surface area (Å²) in [5.41, 5.74) is 2.16. The number of hydrogen-bond acceptors (Lipinski definition) is 5. The van der Waals surface area contributed by atoms with Crippen LogP contribution >= 0.6 is 0 Å². The highest BCUT2D eigenvalue weighted by Gasteiger charge is 2.31. The van der Waals surface area contributed by atoms with E-state index in [1.807, 2.05) is 31.2 Å². The topological polar surface area (TPSA) is 84.0 Å². The van der Waals surface area contributed by atoms with Gasteiger partial charge in [-0.25, -0.2) is 13.2 Å².